The molecule has 1 N–H and O–H groups in total. The molecule has 0 aliphatic rings. The summed E-state index contributed by atoms with van der Waals surface area (Å²) in [5, 5.41) is 0.321. The lowest BCUT2D eigenvalue weighted by Gasteiger charge is -2.14. The van der Waals surface area contributed by atoms with Gasteiger partial charge in [-0.3, -0.25) is 4.79 Å². The maximum absolute atomic E-state index is 12.0. The molecule has 0 aliphatic carbocycles. The molecular weight excluding hydrogens is 226 g/mol. The summed E-state index contributed by atoms with van der Waals surface area (Å²) in [6, 6.07) is 1.68. The summed E-state index contributed by atoms with van der Waals surface area (Å²) in [5.74, 6) is 0.0309. The van der Waals surface area contributed by atoms with Crippen LogP contribution in [-0.4, -0.2) is 20.7 Å². The molecule has 0 saturated heterocycles. The number of fused-ring (bicyclic) bond motifs is 1. The normalized spacial score (nSPS) is 12.0. The zero-order chi connectivity index (χ0) is 11.9. The average molecular weight is 238 g/mol. The number of rotatable bonds is 1. The molecule has 0 atom stereocenters. The Bertz CT molecular complexity index is 554. The van der Waals surface area contributed by atoms with Gasteiger partial charge in [0.2, 0.25) is 0 Å². The van der Waals surface area contributed by atoms with Gasteiger partial charge in [-0.05, 0) is 6.07 Å². The van der Waals surface area contributed by atoms with Gasteiger partial charge in [0.15, 0.2) is 11.4 Å². The van der Waals surface area contributed by atoms with E-state index < -0.39 is 5.41 Å². The van der Waals surface area contributed by atoms with E-state index in [9.17, 15) is 4.79 Å². The second-order valence-electron chi connectivity index (χ2n) is 4.69. The van der Waals surface area contributed by atoms with Gasteiger partial charge in [0.25, 0.3) is 0 Å². The fourth-order valence-corrected chi connectivity index (χ4v) is 1.54. The molecule has 2 rings (SSSR count). The Morgan fingerprint density at radius 1 is 1.44 bits per heavy atom. The van der Waals surface area contributed by atoms with Crippen molar-refractivity contribution in [2.45, 2.75) is 20.8 Å². The number of aromatic amines is 1. The highest BCUT2D eigenvalue weighted by atomic mass is 35.5. The van der Waals surface area contributed by atoms with E-state index in [1.807, 2.05) is 20.8 Å². The zero-order valence-electron chi connectivity index (χ0n) is 9.34. The fourth-order valence-electron chi connectivity index (χ4n) is 1.40. The van der Waals surface area contributed by atoms with Gasteiger partial charge in [-0.1, -0.05) is 32.4 Å². The van der Waals surface area contributed by atoms with E-state index in [0.717, 1.165) is 0 Å². The van der Waals surface area contributed by atoms with Crippen LogP contribution in [0.5, 0.6) is 0 Å². The summed E-state index contributed by atoms with van der Waals surface area (Å²) < 4.78 is 0. The minimum Gasteiger partial charge on any atom is -0.335 e. The number of Topliss-reactive ketones (excluding diaryl/α,β-unsaturated/α-hetero) is 1. The van der Waals surface area contributed by atoms with Crippen LogP contribution in [0.2, 0.25) is 5.15 Å². The van der Waals surface area contributed by atoms with E-state index in [4.69, 9.17) is 11.6 Å². The molecule has 2 aromatic heterocycles. The third-order valence-electron chi connectivity index (χ3n) is 2.23. The molecular formula is C11H12ClN3O. The largest absolute Gasteiger partial charge is 0.335 e. The maximum atomic E-state index is 12.0. The molecule has 0 aliphatic heterocycles. The summed E-state index contributed by atoms with van der Waals surface area (Å²) in [7, 11) is 0. The molecule has 0 aromatic carbocycles. The number of nitrogens with zero attached hydrogens (tertiary/aromatic N) is 2. The molecule has 4 nitrogen and oxygen atoms in total. The molecule has 0 saturated carbocycles. The SMILES string of the molecule is CC(C)(C)C(=O)c1cc2nc(Cl)cnc2[nH]1. The number of hydrogen-bond donors (Lipinski definition) is 1. The molecule has 0 unspecified atom stereocenters. The Morgan fingerprint density at radius 3 is 2.75 bits per heavy atom. The van der Waals surface area contributed by atoms with Crippen LogP contribution in [0.1, 0.15) is 31.3 Å². The van der Waals surface area contributed by atoms with Crippen LogP contribution in [0, 0.1) is 5.41 Å². The first-order chi connectivity index (χ1) is 7.38. The summed E-state index contributed by atoms with van der Waals surface area (Å²) in [6.07, 6.45) is 1.45. The van der Waals surface area contributed by atoms with Crippen LogP contribution in [-0.2, 0) is 0 Å². The molecule has 0 spiro atoms. The second-order valence-corrected chi connectivity index (χ2v) is 5.08. The van der Waals surface area contributed by atoms with Gasteiger partial charge in [-0.2, -0.15) is 0 Å². The Balaban J connectivity index is 2.52. The van der Waals surface area contributed by atoms with E-state index in [1.54, 1.807) is 6.07 Å². The number of H-pyrrole nitrogens is 1. The number of carbonyl (C=O) groups excluding carboxylic acids is 1. The first-order valence-corrected chi connectivity index (χ1v) is 5.32. The molecule has 0 radical (unpaired) electrons. The number of carbonyl (C=O) groups is 1. The first kappa shape index (κ1) is 11.1. The lowest BCUT2D eigenvalue weighted by Crippen LogP contribution is -2.20. The van der Waals surface area contributed by atoms with Crippen LogP contribution in [0.15, 0.2) is 12.3 Å². The highest BCUT2D eigenvalue weighted by Gasteiger charge is 2.24. The summed E-state index contributed by atoms with van der Waals surface area (Å²) in [4.78, 5) is 23.1. The zero-order valence-corrected chi connectivity index (χ0v) is 10.1. The molecule has 16 heavy (non-hydrogen) atoms. The van der Waals surface area contributed by atoms with Crippen molar-refractivity contribution in [2.24, 2.45) is 5.41 Å². The van der Waals surface area contributed by atoms with Gasteiger partial charge in [-0.15, -0.1) is 0 Å². The van der Waals surface area contributed by atoms with Crippen LogP contribution in [0.25, 0.3) is 11.2 Å². The molecule has 0 fully saturated rings. The number of halogens is 1. The predicted octanol–water partition coefficient (Wildman–Crippen LogP) is 2.84. The van der Waals surface area contributed by atoms with E-state index in [0.29, 0.717) is 22.0 Å². The van der Waals surface area contributed by atoms with E-state index >= 15 is 0 Å². The number of ketones is 1. The van der Waals surface area contributed by atoms with Crippen LogP contribution in [0.3, 0.4) is 0 Å². The van der Waals surface area contributed by atoms with Gasteiger partial charge < -0.3 is 4.98 Å². The maximum Gasteiger partial charge on any atom is 0.184 e. The summed E-state index contributed by atoms with van der Waals surface area (Å²) in [6.45, 7) is 5.61. The van der Waals surface area contributed by atoms with Gasteiger partial charge in [0.1, 0.15) is 10.7 Å². The van der Waals surface area contributed by atoms with Crippen molar-refractivity contribution in [3.63, 3.8) is 0 Å². The van der Waals surface area contributed by atoms with Gasteiger partial charge in [0.05, 0.1) is 11.9 Å². The molecule has 0 amide bonds. The van der Waals surface area contributed by atoms with Crippen LogP contribution < -0.4 is 0 Å². The fraction of sp³-hybridized carbons (Fsp3) is 0.364. The van der Waals surface area contributed by atoms with Gasteiger partial charge in [0, 0.05) is 5.41 Å². The second kappa shape index (κ2) is 3.56. The minimum atomic E-state index is -0.426. The summed E-state index contributed by atoms with van der Waals surface area (Å²) >= 11 is 5.72. The molecule has 84 valence electrons. The van der Waals surface area contributed by atoms with E-state index in [1.165, 1.54) is 6.20 Å². The smallest absolute Gasteiger partial charge is 0.184 e. The minimum absolute atomic E-state index is 0.0309. The van der Waals surface area contributed by atoms with E-state index in [-0.39, 0.29) is 5.78 Å². The van der Waals surface area contributed by atoms with Crippen molar-refractivity contribution >= 4 is 28.5 Å². The van der Waals surface area contributed by atoms with Crippen molar-refractivity contribution in [3.8, 4) is 0 Å². The lowest BCUT2D eigenvalue weighted by molar-refractivity contribution is 0.0854. The molecule has 5 heteroatoms. The third-order valence-corrected chi connectivity index (χ3v) is 2.41. The third kappa shape index (κ3) is 1.93. The van der Waals surface area contributed by atoms with Gasteiger partial charge in [-0.25, -0.2) is 9.97 Å². The first-order valence-electron chi connectivity index (χ1n) is 4.94. The van der Waals surface area contributed by atoms with Crippen molar-refractivity contribution in [1.82, 2.24) is 15.0 Å². The van der Waals surface area contributed by atoms with Crippen molar-refractivity contribution in [3.05, 3.63) is 23.1 Å². The van der Waals surface area contributed by atoms with Crippen LogP contribution in [0.4, 0.5) is 0 Å². The quantitative estimate of drug-likeness (QED) is 0.776. The number of aromatic nitrogens is 3. The predicted molar refractivity (Wildman–Crippen MR) is 62.7 cm³/mol. The Kier molecular flexibility index (Phi) is 2.46. The Hall–Kier alpha value is -1.42. The molecule has 0 bridgehead atoms. The number of nitrogens with one attached hydrogen (secondary N) is 1. The topological polar surface area (TPSA) is 58.6 Å². The average Bonchev–Trinajstić information content (AvgIpc) is 2.57. The lowest BCUT2D eigenvalue weighted by atomic mass is 9.89. The number of hydrogen-bond acceptors (Lipinski definition) is 3. The standard InChI is InChI=1S/C11H12ClN3O/c1-11(2,3)9(16)6-4-7-10(15-6)13-5-8(12)14-7/h4-5H,1-3H3,(H,13,15). The molecule has 2 aromatic rings. The Morgan fingerprint density at radius 2 is 2.12 bits per heavy atom. The molecule has 2 heterocycles. The highest BCUT2D eigenvalue weighted by molar-refractivity contribution is 6.29. The van der Waals surface area contributed by atoms with Crippen molar-refractivity contribution in [2.75, 3.05) is 0 Å². The Labute approximate surface area is 98.1 Å². The van der Waals surface area contributed by atoms with Gasteiger partial charge >= 0.3 is 0 Å². The van der Waals surface area contributed by atoms with E-state index in [2.05, 4.69) is 15.0 Å². The monoisotopic (exact) mass is 237 g/mol. The summed E-state index contributed by atoms with van der Waals surface area (Å²) in [5.41, 5.74) is 1.28. The van der Waals surface area contributed by atoms with Crippen LogP contribution >= 0.6 is 11.6 Å². The van der Waals surface area contributed by atoms with Crippen molar-refractivity contribution in [1.29, 1.82) is 0 Å². The highest BCUT2D eigenvalue weighted by Crippen LogP contribution is 2.22. The van der Waals surface area contributed by atoms with Crippen molar-refractivity contribution < 1.29 is 4.79 Å².